The molecule has 1 aromatic heterocycles. The van der Waals surface area contributed by atoms with Crippen molar-refractivity contribution in [1.82, 2.24) is 10.1 Å². The van der Waals surface area contributed by atoms with Crippen LogP contribution in [0.3, 0.4) is 0 Å². The van der Waals surface area contributed by atoms with Crippen LogP contribution < -0.4 is 0 Å². The van der Waals surface area contributed by atoms with E-state index >= 15 is 0 Å². The zero-order chi connectivity index (χ0) is 16.6. The third-order valence-corrected chi connectivity index (χ3v) is 3.37. The average Bonchev–Trinajstić information content (AvgIpc) is 3.15. The molecule has 0 aliphatic carbocycles. The van der Waals surface area contributed by atoms with Gasteiger partial charge in [-0.3, -0.25) is 0 Å². The van der Waals surface area contributed by atoms with E-state index in [9.17, 15) is 18.3 Å². The van der Waals surface area contributed by atoms with Gasteiger partial charge < -0.3 is 14.5 Å². The van der Waals surface area contributed by atoms with Gasteiger partial charge in [0.25, 0.3) is 0 Å². The summed E-state index contributed by atoms with van der Waals surface area (Å²) in [5.74, 6) is -1.57. The van der Waals surface area contributed by atoms with E-state index in [0.717, 1.165) is 5.71 Å². The number of aromatic nitrogens is 2. The Hall–Kier alpha value is -2.42. The molecule has 9 heteroatoms. The lowest BCUT2D eigenvalue weighted by atomic mass is 10.00. The Labute approximate surface area is 128 Å². The second-order valence-electron chi connectivity index (χ2n) is 5.16. The molecule has 1 N–H and O–H groups in total. The summed E-state index contributed by atoms with van der Waals surface area (Å²) in [6.45, 7) is 1.80. The zero-order valence-corrected chi connectivity index (χ0v) is 11.9. The molecular formula is C14H12F3N3O3. The molecule has 3 rings (SSSR count). The molecular weight excluding hydrogens is 315 g/mol. The summed E-state index contributed by atoms with van der Waals surface area (Å²) in [7, 11) is 0. The number of alkyl halides is 3. The molecule has 1 aliphatic heterocycles. The van der Waals surface area contributed by atoms with Gasteiger partial charge in [0, 0.05) is 12.0 Å². The number of hydrogen-bond donors (Lipinski definition) is 1. The molecule has 2 aromatic rings. The Morgan fingerprint density at radius 2 is 1.96 bits per heavy atom. The summed E-state index contributed by atoms with van der Waals surface area (Å²) in [5, 5.41) is 17.3. The summed E-state index contributed by atoms with van der Waals surface area (Å²) in [6.07, 6.45) is -5.52. The van der Waals surface area contributed by atoms with E-state index in [1.807, 2.05) is 0 Å². The SMILES string of the molecule is CC1=NOC(C(O)c2ccc(-c3noc(C(F)(F)F)n3)cc2)C1. The largest absolute Gasteiger partial charge is 0.471 e. The molecule has 2 atom stereocenters. The molecule has 1 aliphatic rings. The van der Waals surface area contributed by atoms with Crippen molar-refractivity contribution in [3.8, 4) is 11.4 Å². The van der Waals surface area contributed by atoms with Crippen molar-refractivity contribution in [1.29, 1.82) is 0 Å². The fraction of sp³-hybridized carbons (Fsp3) is 0.357. The molecule has 0 spiro atoms. The van der Waals surface area contributed by atoms with Crippen LogP contribution in [-0.4, -0.2) is 27.1 Å². The lowest BCUT2D eigenvalue weighted by Crippen LogP contribution is -2.18. The fourth-order valence-corrected chi connectivity index (χ4v) is 2.19. The number of hydrogen-bond acceptors (Lipinski definition) is 6. The predicted molar refractivity (Wildman–Crippen MR) is 72.3 cm³/mol. The van der Waals surface area contributed by atoms with Gasteiger partial charge in [0.15, 0.2) is 6.10 Å². The van der Waals surface area contributed by atoms with E-state index in [1.165, 1.54) is 12.1 Å². The number of aliphatic hydroxyl groups excluding tert-OH is 1. The van der Waals surface area contributed by atoms with Gasteiger partial charge in [0.1, 0.15) is 6.10 Å². The van der Waals surface area contributed by atoms with Crippen LogP contribution >= 0.6 is 0 Å². The van der Waals surface area contributed by atoms with Crippen molar-refractivity contribution >= 4 is 5.71 Å². The lowest BCUT2D eigenvalue weighted by Gasteiger charge is -2.16. The minimum atomic E-state index is -4.68. The smallest absolute Gasteiger partial charge is 0.389 e. The highest BCUT2D eigenvalue weighted by atomic mass is 19.4. The molecule has 0 saturated carbocycles. The minimum absolute atomic E-state index is 0.172. The molecule has 0 radical (unpaired) electrons. The van der Waals surface area contributed by atoms with Gasteiger partial charge in [-0.1, -0.05) is 34.6 Å². The predicted octanol–water partition coefficient (Wildman–Crippen LogP) is 2.95. The Kier molecular flexibility index (Phi) is 3.80. The van der Waals surface area contributed by atoms with E-state index in [2.05, 4.69) is 19.8 Å². The van der Waals surface area contributed by atoms with Crippen LogP contribution in [-0.2, 0) is 11.0 Å². The number of benzene rings is 1. The topological polar surface area (TPSA) is 80.7 Å². The van der Waals surface area contributed by atoms with E-state index in [0.29, 0.717) is 17.5 Å². The summed E-state index contributed by atoms with van der Waals surface area (Å²) in [4.78, 5) is 8.42. The van der Waals surface area contributed by atoms with E-state index in [-0.39, 0.29) is 5.82 Å². The maximum atomic E-state index is 12.4. The highest BCUT2D eigenvalue weighted by molar-refractivity contribution is 5.82. The molecule has 0 fully saturated rings. The molecule has 2 unspecified atom stereocenters. The number of nitrogens with zero attached hydrogens (tertiary/aromatic N) is 3. The zero-order valence-electron chi connectivity index (χ0n) is 11.9. The molecule has 2 heterocycles. The third kappa shape index (κ3) is 3.19. The van der Waals surface area contributed by atoms with E-state index in [4.69, 9.17) is 4.84 Å². The first-order chi connectivity index (χ1) is 10.8. The first kappa shape index (κ1) is 15.5. The van der Waals surface area contributed by atoms with Crippen LogP contribution in [0.25, 0.3) is 11.4 Å². The molecule has 23 heavy (non-hydrogen) atoms. The van der Waals surface area contributed by atoms with Gasteiger partial charge in [-0.15, -0.1) is 0 Å². The normalized spacial score (nSPS) is 19.3. The maximum absolute atomic E-state index is 12.4. The number of rotatable bonds is 3. The van der Waals surface area contributed by atoms with Crippen molar-refractivity contribution in [2.75, 3.05) is 0 Å². The van der Waals surface area contributed by atoms with Crippen molar-refractivity contribution in [2.45, 2.75) is 31.7 Å². The monoisotopic (exact) mass is 327 g/mol. The highest BCUT2D eigenvalue weighted by Gasteiger charge is 2.38. The van der Waals surface area contributed by atoms with Crippen LogP contribution in [0.4, 0.5) is 13.2 Å². The van der Waals surface area contributed by atoms with Crippen molar-refractivity contribution in [3.63, 3.8) is 0 Å². The minimum Gasteiger partial charge on any atom is -0.389 e. The number of halogens is 3. The van der Waals surface area contributed by atoms with Gasteiger partial charge in [0.2, 0.25) is 5.82 Å². The summed E-state index contributed by atoms with van der Waals surface area (Å²) >= 11 is 0. The van der Waals surface area contributed by atoms with Gasteiger partial charge in [-0.05, 0) is 12.5 Å². The van der Waals surface area contributed by atoms with Gasteiger partial charge in [-0.25, -0.2) is 0 Å². The Balaban J connectivity index is 1.76. The first-order valence-corrected chi connectivity index (χ1v) is 6.73. The van der Waals surface area contributed by atoms with Crippen molar-refractivity contribution < 1.29 is 27.6 Å². The van der Waals surface area contributed by atoms with Crippen LogP contribution in [0.1, 0.15) is 30.9 Å². The number of aliphatic hydroxyl groups is 1. The highest BCUT2D eigenvalue weighted by Crippen LogP contribution is 2.30. The van der Waals surface area contributed by atoms with Crippen LogP contribution in [0.5, 0.6) is 0 Å². The molecule has 0 saturated heterocycles. The standard InChI is InChI=1S/C14H12F3N3O3/c1-7-6-10(22-19-7)11(21)8-2-4-9(5-3-8)12-18-13(23-20-12)14(15,16)17/h2-5,10-11,21H,6H2,1H3. The Morgan fingerprint density at radius 3 is 2.48 bits per heavy atom. The summed E-state index contributed by atoms with van der Waals surface area (Å²) < 4.78 is 41.5. The number of oxime groups is 1. The van der Waals surface area contributed by atoms with Gasteiger partial charge in [-0.2, -0.15) is 18.2 Å². The molecule has 0 bridgehead atoms. The van der Waals surface area contributed by atoms with Gasteiger partial charge >= 0.3 is 12.1 Å². The quantitative estimate of drug-likeness (QED) is 0.937. The van der Waals surface area contributed by atoms with Crippen LogP contribution in [0, 0.1) is 0 Å². The third-order valence-electron chi connectivity index (χ3n) is 3.37. The Bertz CT molecular complexity index is 725. The van der Waals surface area contributed by atoms with E-state index < -0.39 is 24.3 Å². The lowest BCUT2D eigenvalue weighted by molar-refractivity contribution is -0.159. The second-order valence-corrected chi connectivity index (χ2v) is 5.16. The molecule has 6 nitrogen and oxygen atoms in total. The maximum Gasteiger partial charge on any atom is 0.471 e. The first-order valence-electron chi connectivity index (χ1n) is 6.73. The van der Waals surface area contributed by atoms with Crippen molar-refractivity contribution in [3.05, 3.63) is 35.7 Å². The van der Waals surface area contributed by atoms with E-state index in [1.54, 1.807) is 19.1 Å². The van der Waals surface area contributed by atoms with Gasteiger partial charge in [0.05, 0.1) is 5.71 Å². The Morgan fingerprint density at radius 1 is 1.26 bits per heavy atom. The summed E-state index contributed by atoms with van der Waals surface area (Å²) in [6, 6.07) is 6.15. The average molecular weight is 327 g/mol. The summed E-state index contributed by atoms with van der Waals surface area (Å²) in [5.41, 5.74) is 1.69. The molecule has 122 valence electrons. The second kappa shape index (κ2) is 5.65. The molecule has 0 amide bonds. The van der Waals surface area contributed by atoms with Crippen molar-refractivity contribution in [2.24, 2.45) is 5.16 Å². The van der Waals surface area contributed by atoms with Crippen LogP contribution in [0.2, 0.25) is 0 Å². The van der Waals surface area contributed by atoms with Crippen LogP contribution in [0.15, 0.2) is 33.9 Å². The molecule has 1 aromatic carbocycles. The fourth-order valence-electron chi connectivity index (χ4n) is 2.19.